The second-order valence-corrected chi connectivity index (χ2v) is 5.17. The third-order valence-corrected chi connectivity index (χ3v) is 2.55. The number of nitrogen functional groups attached to an aromatic ring is 1. The van der Waals surface area contributed by atoms with Crippen molar-refractivity contribution in [3.8, 4) is 0 Å². The number of carbonyl (C=O) groups is 1. The molecule has 0 amide bonds. The third kappa shape index (κ3) is 4.44. The van der Waals surface area contributed by atoms with Crippen LogP contribution in [0, 0.1) is 0 Å². The van der Waals surface area contributed by atoms with Crippen LogP contribution in [0.3, 0.4) is 0 Å². The Bertz CT molecular complexity index is 452. The van der Waals surface area contributed by atoms with Crippen LogP contribution >= 0.6 is 0 Å². The zero-order valence-electron chi connectivity index (χ0n) is 11.9. The van der Waals surface area contributed by atoms with E-state index in [-0.39, 0.29) is 0 Å². The van der Waals surface area contributed by atoms with Crippen LogP contribution in [0.2, 0.25) is 0 Å². The Labute approximate surface area is 114 Å². The first-order valence-corrected chi connectivity index (χ1v) is 6.24. The molecule has 5 heteroatoms. The van der Waals surface area contributed by atoms with Gasteiger partial charge < -0.3 is 20.5 Å². The molecule has 0 aliphatic heterocycles. The lowest BCUT2D eigenvalue weighted by Crippen LogP contribution is -2.37. The second-order valence-electron chi connectivity index (χ2n) is 5.17. The molecule has 19 heavy (non-hydrogen) atoms. The van der Waals surface area contributed by atoms with Gasteiger partial charge >= 0.3 is 5.97 Å². The maximum absolute atomic E-state index is 11.9. The van der Waals surface area contributed by atoms with Crippen molar-refractivity contribution in [2.24, 2.45) is 0 Å². The van der Waals surface area contributed by atoms with Crippen molar-refractivity contribution < 1.29 is 14.6 Å². The van der Waals surface area contributed by atoms with Crippen molar-refractivity contribution in [3.63, 3.8) is 0 Å². The Kier molecular flexibility index (Phi) is 4.78. The standard InChI is InChI=1S/C14H22N2O3/c1-5-19-13(17)11-8-10(15)6-7-12(11)16(4)9-14(2,3)18/h6-8,18H,5,9,15H2,1-4H3. The highest BCUT2D eigenvalue weighted by atomic mass is 16.5. The maximum atomic E-state index is 11.9. The largest absolute Gasteiger partial charge is 0.462 e. The van der Waals surface area contributed by atoms with Gasteiger partial charge in [0.25, 0.3) is 0 Å². The lowest BCUT2D eigenvalue weighted by atomic mass is 10.1. The Morgan fingerprint density at radius 2 is 2.11 bits per heavy atom. The normalized spacial score (nSPS) is 11.2. The fourth-order valence-electron chi connectivity index (χ4n) is 1.92. The zero-order chi connectivity index (χ0) is 14.6. The molecule has 0 heterocycles. The minimum absolute atomic E-state index is 0.308. The van der Waals surface area contributed by atoms with Gasteiger partial charge in [0.1, 0.15) is 0 Å². The molecule has 0 saturated carbocycles. The second kappa shape index (κ2) is 5.93. The average Bonchev–Trinajstić information content (AvgIpc) is 2.26. The maximum Gasteiger partial charge on any atom is 0.340 e. The molecule has 1 aromatic carbocycles. The number of anilines is 2. The summed E-state index contributed by atoms with van der Waals surface area (Å²) < 4.78 is 5.02. The highest BCUT2D eigenvalue weighted by Gasteiger charge is 2.21. The molecule has 1 aromatic rings. The van der Waals surface area contributed by atoms with E-state index in [1.165, 1.54) is 0 Å². The number of aliphatic hydroxyl groups is 1. The van der Waals surface area contributed by atoms with Crippen molar-refractivity contribution in [3.05, 3.63) is 23.8 Å². The number of ether oxygens (including phenoxy) is 1. The van der Waals surface area contributed by atoms with Crippen LogP contribution in [-0.4, -0.2) is 36.9 Å². The number of nitrogens with two attached hydrogens (primary N) is 1. The molecule has 0 radical (unpaired) electrons. The number of esters is 1. The molecule has 3 N–H and O–H groups in total. The highest BCUT2D eigenvalue weighted by Crippen LogP contribution is 2.24. The zero-order valence-corrected chi connectivity index (χ0v) is 11.9. The van der Waals surface area contributed by atoms with Crippen molar-refractivity contribution in [1.82, 2.24) is 0 Å². The number of nitrogens with zero attached hydrogens (tertiary/aromatic N) is 1. The van der Waals surface area contributed by atoms with Crippen LogP contribution in [0.1, 0.15) is 31.1 Å². The van der Waals surface area contributed by atoms with Crippen LogP contribution in [-0.2, 0) is 4.74 Å². The molecule has 0 unspecified atom stereocenters. The van der Waals surface area contributed by atoms with Crippen LogP contribution in [0.15, 0.2) is 18.2 Å². The Hall–Kier alpha value is -1.75. The van der Waals surface area contributed by atoms with Crippen molar-refractivity contribution in [1.29, 1.82) is 0 Å². The van der Waals surface area contributed by atoms with Gasteiger partial charge in [0.05, 0.1) is 23.5 Å². The van der Waals surface area contributed by atoms with E-state index in [9.17, 15) is 9.90 Å². The van der Waals surface area contributed by atoms with E-state index in [0.29, 0.717) is 30.1 Å². The molecular formula is C14H22N2O3. The molecular weight excluding hydrogens is 244 g/mol. The smallest absolute Gasteiger partial charge is 0.340 e. The molecule has 0 aliphatic carbocycles. The first kappa shape index (κ1) is 15.3. The topological polar surface area (TPSA) is 75.8 Å². The van der Waals surface area contributed by atoms with Gasteiger partial charge in [-0.15, -0.1) is 0 Å². The van der Waals surface area contributed by atoms with Crippen molar-refractivity contribution >= 4 is 17.3 Å². The van der Waals surface area contributed by atoms with E-state index in [2.05, 4.69) is 0 Å². The van der Waals surface area contributed by atoms with Gasteiger partial charge in [-0.05, 0) is 39.0 Å². The summed E-state index contributed by atoms with van der Waals surface area (Å²) in [6.07, 6.45) is 0. The summed E-state index contributed by atoms with van der Waals surface area (Å²) in [4.78, 5) is 13.7. The van der Waals surface area contributed by atoms with E-state index >= 15 is 0 Å². The van der Waals surface area contributed by atoms with Gasteiger partial charge in [-0.2, -0.15) is 0 Å². The lowest BCUT2D eigenvalue weighted by molar-refractivity contribution is 0.0525. The minimum atomic E-state index is -0.859. The molecule has 0 spiro atoms. The number of hydrogen-bond acceptors (Lipinski definition) is 5. The van der Waals surface area contributed by atoms with E-state index in [0.717, 1.165) is 0 Å². The number of carbonyl (C=O) groups excluding carboxylic acids is 1. The van der Waals surface area contributed by atoms with Gasteiger partial charge in [-0.1, -0.05) is 0 Å². The number of benzene rings is 1. The Balaban J connectivity index is 3.09. The first-order chi connectivity index (χ1) is 8.74. The fourth-order valence-corrected chi connectivity index (χ4v) is 1.92. The number of hydrogen-bond donors (Lipinski definition) is 2. The first-order valence-electron chi connectivity index (χ1n) is 6.24. The summed E-state index contributed by atoms with van der Waals surface area (Å²) in [5, 5.41) is 9.85. The minimum Gasteiger partial charge on any atom is -0.462 e. The molecule has 1 rings (SSSR count). The SMILES string of the molecule is CCOC(=O)c1cc(N)ccc1N(C)CC(C)(C)O. The lowest BCUT2D eigenvalue weighted by Gasteiger charge is -2.28. The Morgan fingerprint density at radius 1 is 1.47 bits per heavy atom. The molecule has 5 nitrogen and oxygen atoms in total. The predicted octanol–water partition coefficient (Wildman–Crippen LogP) is 1.65. The van der Waals surface area contributed by atoms with E-state index in [4.69, 9.17) is 10.5 Å². The van der Waals surface area contributed by atoms with Gasteiger partial charge in [0, 0.05) is 19.3 Å². The van der Waals surface area contributed by atoms with E-state index < -0.39 is 11.6 Å². The van der Waals surface area contributed by atoms with Gasteiger partial charge in [0.15, 0.2) is 0 Å². The monoisotopic (exact) mass is 266 g/mol. The summed E-state index contributed by atoms with van der Waals surface area (Å²) >= 11 is 0. The highest BCUT2D eigenvalue weighted by molar-refractivity contribution is 5.97. The summed E-state index contributed by atoms with van der Waals surface area (Å²) in [6, 6.07) is 5.07. The van der Waals surface area contributed by atoms with Crippen LogP contribution in [0.4, 0.5) is 11.4 Å². The van der Waals surface area contributed by atoms with Crippen molar-refractivity contribution in [2.45, 2.75) is 26.4 Å². The van der Waals surface area contributed by atoms with Crippen LogP contribution in [0.5, 0.6) is 0 Å². The molecule has 0 aliphatic rings. The van der Waals surface area contributed by atoms with Crippen molar-refractivity contribution in [2.75, 3.05) is 30.8 Å². The summed E-state index contributed by atoms with van der Waals surface area (Å²) in [7, 11) is 1.81. The van der Waals surface area contributed by atoms with Crippen LogP contribution < -0.4 is 10.6 Å². The summed E-state index contributed by atoms with van der Waals surface area (Å²) in [5.41, 5.74) is 6.46. The molecule has 0 saturated heterocycles. The molecule has 0 fully saturated rings. The summed E-state index contributed by atoms with van der Waals surface area (Å²) in [6.45, 7) is 5.88. The Morgan fingerprint density at radius 3 is 2.63 bits per heavy atom. The molecule has 0 bridgehead atoms. The quantitative estimate of drug-likeness (QED) is 0.626. The number of rotatable bonds is 5. The third-order valence-electron chi connectivity index (χ3n) is 2.55. The van der Waals surface area contributed by atoms with Gasteiger partial charge in [-0.25, -0.2) is 4.79 Å². The van der Waals surface area contributed by atoms with E-state index in [1.54, 1.807) is 39.0 Å². The molecule has 0 aromatic heterocycles. The van der Waals surface area contributed by atoms with Gasteiger partial charge in [0.2, 0.25) is 0 Å². The number of likely N-dealkylation sites (N-methyl/N-ethyl adjacent to an activating group) is 1. The van der Waals surface area contributed by atoms with Crippen LogP contribution in [0.25, 0.3) is 0 Å². The average molecular weight is 266 g/mol. The molecule has 106 valence electrons. The summed E-state index contributed by atoms with van der Waals surface area (Å²) in [5.74, 6) is -0.410. The van der Waals surface area contributed by atoms with E-state index in [1.807, 2.05) is 11.9 Å². The fraction of sp³-hybridized carbons (Fsp3) is 0.500. The molecule has 0 atom stereocenters. The van der Waals surface area contributed by atoms with Gasteiger partial charge in [-0.3, -0.25) is 0 Å². The predicted molar refractivity (Wildman–Crippen MR) is 76.4 cm³/mol.